The molecule has 1 amide bonds. The third kappa shape index (κ3) is 4.34. The normalized spacial score (nSPS) is 11.0. The van der Waals surface area contributed by atoms with Crippen LogP contribution in [-0.2, 0) is 4.79 Å². The number of hydrogen-bond donors (Lipinski definition) is 1. The van der Waals surface area contributed by atoms with Gasteiger partial charge in [0.05, 0.1) is 33.1 Å². The van der Waals surface area contributed by atoms with Crippen molar-refractivity contribution in [3.8, 4) is 5.69 Å². The Labute approximate surface area is 179 Å². The molecule has 4 rings (SSSR count). The molecule has 0 bridgehead atoms. The summed E-state index contributed by atoms with van der Waals surface area (Å²) >= 11 is 13.1. The Kier molecular flexibility index (Phi) is 5.66. The second kappa shape index (κ2) is 8.36. The van der Waals surface area contributed by atoms with Crippen LogP contribution in [0.5, 0.6) is 0 Å². The Bertz CT molecular complexity index is 1200. The molecule has 1 N–H and O–H groups in total. The summed E-state index contributed by atoms with van der Waals surface area (Å²) in [6.07, 6.45) is 3.03. The molecule has 6 nitrogen and oxygen atoms in total. The zero-order valence-corrected chi connectivity index (χ0v) is 17.0. The predicted octanol–water partition coefficient (Wildman–Crippen LogP) is 4.99. The van der Waals surface area contributed by atoms with E-state index in [2.05, 4.69) is 20.4 Å². The number of amides is 1. The lowest BCUT2D eigenvalue weighted by atomic mass is 10.3. The first-order valence-electron chi connectivity index (χ1n) is 8.33. The van der Waals surface area contributed by atoms with Crippen molar-refractivity contribution in [2.24, 2.45) is 0 Å². The highest BCUT2D eigenvalue weighted by atomic mass is 35.5. The van der Waals surface area contributed by atoms with Gasteiger partial charge in [0, 0.05) is 5.69 Å². The van der Waals surface area contributed by atoms with Gasteiger partial charge >= 0.3 is 0 Å². The van der Waals surface area contributed by atoms with Gasteiger partial charge in [0.15, 0.2) is 5.65 Å². The molecule has 0 aliphatic carbocycles. The van der Waals surface area contributed by atoms with E-state index in [1.807, 2.05) is 0 Å². The molecule has 0 fully saturated rings. The third-order valence-corrected chi connectivity index (χ3v) is 5.69. The molecule has 0 aliphatic rings. The molecule has 0 spiro atoms. The summed E-state index contributed by atoms with van der Waals surface area (Å²) < 4.78 is 14.8. The zero-order chi connectivity index (χ0) is 20.4. The SMILES string of the molecule is O=C(CSc1ncnc2c1cnn2-c1ccc(F)cc1)Nc1ccc(Cl)c(Cl)c1. The second-order valence-electron chi connectivity index (χ2n) is 5.91. The van der Waals surface area contributed by atoms with E-state index >= 15 is 0 Å². The lowest BCUT2D eigenvalue weighted by Crippen LogP contribution is -2.14. The Hall–Kier alpha value is -2.68. The lowest BCUT2D eigenvalue weighted by Gasteiger charge is -2.07. The van der Waals surface area contributed by atoms with E-state index in [1.165, 1.54) is 30.2 Å². The molecule has 0 saturated carbocycles. The number of carbonyl (C=O) groups is 1. The van der Waals surface area contributed by atoms with Gasteiger partial charge in [-0.15, -0.1) is 0 Å². The molecule has 0 saturated heterocycles. The van der Waals surface area contributed by atoms with Crippen LogP contribution < -0.4 is 5.32 Å². The number of rotatable bonds is 5. The van der Waals surface area contributed by atoms with Crippen molar-refractivity contribution in [3.63, 3.8) is 0 Å². The van der Waals surface area contributed by atoms with Crippen molar-refractivity contribution in [2.45, 2.75) is 5.03 Å². The maximum Gasteiger partial charge on any atom is 0.234 e. The first-order chi connectivity index (χ1) is 14.0. The van der Waals surface area contributed by atoms with E-state index in [9.17, 15) is 9.18 Å². The van der Waals surface area contributed by atoms with Gasteiger partial charge in [0.1, 0.15) is 17.2 Å². The first-order valence-corrected chi connectivity index (χ1v) is 10.1. The molecule has 10 heteroatoms. The number of carbonyl (C=O) groups excluding carboxylic acids is 1. The molecule has 29 heavy (non-hydrogen) atoms. The zero-order valence-electron chi connectivity index (χ0n) is 14.6. The number of aromatic nitrogens is 4. The van der Waals surface area contributed by atoms with Gasteiger partial charge in [-0.05, 0) is 42.5 Å². The summed E-state index contributed by atoms with van der Waals surface area (Å²) in [6, 6.07) is 10.8. The average Bonchev–Trinajstić information content (AvgIpc) is 3.14. The Balaban J connectivity index is 1.50. The first kappa shape index (κ1) is 19.6. The maximum atomic E-state index is 13.2. The standard InChI is InChI=1S/C19H12Cl2FN5OS/c20-15-6-3-12(7-16(15)21)26-17(28)9-29-19-14-8-25-27(18(14)23-10-24-19)13-4-1-11(22)2-5-13/h1-8,10H,9H2,(H,26,28). The van der Waals surface area contributed by atoms with Gasteiger partial charge in [0.25, 0.3) is 0 Å². The largest absolute Gasteiger partial charge is 0.325 e. The van der Waals surface area contributed by atoms with Gasteiger partial charge in [-0.3, -0.25) is 4.79 Å². The van der Waals surface area contributed by atoms with Gasteiger partial charge in [-0.25, -0.2) is 19.0 Å². The Morgan fingerprint density at radius 1 is 1.10 bits per heavy atom. The molecule has 0 atom stereocenters. The van der Waals surface area contributed by atoms with E-state index in [4.69, 9.17) is 23.2 Å². The van der Waals surface area contributed by atoms with Gasteiger partial charge in [-0.1, -0.05) is 35.0 Å². The Morgan fingerprint density at radius 2 is 1.90 bits per heavy atom. The van der Waals surface area contributed by atoms with Crippen molar-refractivity contribution in [1.29, 1.82) is 0 Å². The number of thioether (sulfide) groups is 1. The average molecular weight is 448 g/mol. The fraction of sp³-hybridized carbons (Fsp3) is 0.0526. The topological polar surface area (TPSA) is 72.7 Å². The van der Waals surface area contributed by atoms with Gasteiger partial charge < -0.3 is 5.32 Å². The highest BCUT2D eigenvalue weighted by Crippen LogP contribution is 2.27. The van der Waals surface area contributed by atoms with Crippen molar-refractivity contribution < 1.29 is 9.18 Å². The minimum Gasteiger partial charge on any atom is -0.325 e. The maximum absolute atomic E-state index is 13.2. The third-order valence-electron chi connectivity index (χ3n) is 3.94. The molecular weight excluding hydrogens is 436 g/mol. The van der Waals surface area contributed by atoms with Crippen LogP contribution in [0, 0.1) is 5.82 Å². The predicted molar refractivity (Wildman–Crippen MR) is 112 cm³/mol. The lowest BCUT2D eigenvalue weighted by molar-refractivity contribution is -0.113. The van der Waals surface area contributed by atoms with Crippen molar-refractivity contribution in [3.05, 3.63) is 70.9 Å². The minimum absolute atomic E-state index is 0.133. The Morgan fingerprint density at radius 3 is 2.66 bits per heavy atom. The number of hydrogen-bond acceptors (Lipinski definition) is 5. The summed E-state index contributed by atoms with van der Waals surface area (Å²) in [7, 11) is 0. The molecule has 0 radical (unpaired) electrons. The highest BCUT2D eigenvalue weighted by Gasteiger charge is 2.13. The van der Waals surface area contributed by atoms with Crippen LogP contribution in [0.4, 0.5) is 10.1 Å². The molecule has 2 aromatic heterocycles. The minimum atomic E-state index is -0.330. The second-order valence-corrected chi connectivity index (χ2v) is 7.69. The number of nitrogens with zero attached hydrogens (tertiary/aromatic N) is 4. The van der Waals surface area contributed by atoms with Crippen LogP contribution in [0.3, 0.4) is 0 Å². The number of halogens is 3. The number of fused-ring (bicyclic) bond motifs is 1. The summed E-state index contributed by atoms with van der Waals surface area (Å²) in [6.45, 7) is 0. The van der Waals surface area contributed by atoms with Crippen molar-refractivity contribution >= 4 is 57.6 Å². The monoisotopic (exact) mass is 447 g/mol. The number of benzene rings is 2. The fourth-order valence-corrected chi connectivity index (χ4v) is 3.67. The molecule has 2 heterocycles. The summed E-state index contributed by atoms with van der Waals surface area (Å²) in [5.41, 5.74) is 1.80. The van der Waals surface area contributed by atoms with Crippen LogP contribution in [0.25, 0.3) is 16.7 Å². The fourth-order valence-electron chi connectivity index (χ4n) is 2.61. The van der Waals surface area contributed by atoms with E-state index in [0.29, 0.717) is 37.5 Å². The van der Waals surface area contributed by atoms with Crippen molar-refractivity contribution in [1.82, 2.24) is 19.7 Å². The van der Waals surface area contributed by atoms with Crippen molar-refractivity contribution in [2.75, 3.05) is 11.1 Å². The number of nitrogens with one attached hydrogen (secondary N) is 1. The van der Waals surface area contributed by atoms with Crippen LogP contribution in [0.2, 0.25) is 10.0 Å². The van der Waals surface area contributed by atoms with E-state index in [-0.39, 0.29) is 17.5 Å². The molecule has 0 aliphatic heterocycles. The molecular formula is C19H12Cl2FN5OS. The van der Waals surface area contributed by atoms with Gasteiger partial charge in [0.2, 0.25) is 5.91 Å². The van der Waals surface area contributed by atoms with Crippen LogP contribution in [-0.4, -0.2) is 31.4 Å². The molecule has 0 unspecified atom stereocenters. The molecule has 146 valence electrons. The summed E-state index contributed by atoms with van der Waals surface area (Å²) in [5.74, 6) is -0.413. The molecule has 4 aromatic rings. The van der Waals surface area contributed by atoms with E-state index in [1.54, 1.807) is 41.2 Å². The summed E-state index contributed by atoms with van der Waals surface area (Å²) in [5, 5.41) is 9.18. The quantitative estimate of drug-likeness (QED) is 0.344. The molecule has 2 aromatic carbocycles. The highest BCUT2D eigenvalue weighted by molar-refractivity contribution is 8.00. The van der Waals surface area contributed by atoms with E-state index < -0.39 is 0 Å². The van der Waals surface area contributed by atoms with E-state index in [0.717, 1.165) is 0 Å². The van der Waals surface area contributed by atoms with Gasteiger partial charge in [-0.2, -0.15) is 5.10 Å². The number of anilines is 1. The van der Waals surface area contributed by atoms with Crippen LogP contribution in [0.1, 0.15) is 0 Å². The summed E-state index contributed by atoms with van der Waals surface area (Å²) in [4.78, 5) is 20.8. The van der Waals surface area contributed by atoms with Crippen LogP contribution >= 0.6 is 35.0 Å². The van der Waals surface area contributed by atoms with Crippen LogP contribution in [0.15, 0.2) is 60.0 Å². The smallest absolute Gasteiger partial charge is 0.234 e.